The number of hydrogen-bond acceptors (Lipinski definition) is 5. The van der Waals surface area contributed by atoms with Crippen molar-refractivity contribution in [2.45, 2.75) is 39.8 Å². The maximum atomic E-state index is 12.5. The van der Waals surface area contributed by atoms with E-state index in [0.29, 0.717) is 12.1 Å². The second-order valence-electron chi connectivity index (χ2n) is 6.81. The van der Waals surface area contributed by atoms with E-state index in [0.717, 1.165) is 10.5 Å². The van der Waals surface area contributed by atoms with Gasteiger partial charge in [0.2, 0.25) is 0 Å². The average Bonchev–Trinajstić information content (AvgIpc) is 3.04. The summed E-state index contributed by atoms with van der Waals surface area (Å²) < 4.78 is 5.24. The van der Waals surface area contributed by atoms with Gasteiger partial charge < -0.3 is 15.4 Å². The molecule has 1 fully saturated rings. The van der Waals surface area contributed by atoms with Gasteiger partial charge in [0.1, 0.15) is 6.04 Å². The molecular weight excluding hydrogens is 350 g/mol. The normalized spacial score (nSPS) is 15.9. The van der Waals surface area contributed by atoms with E-state index in [9.17, 15) is 19.2 Å². The van der Waals surface area contributed by atoms with Crippen molar-refractivity contribution in [2.24, 2.45) is 5.92 Å². The Bertz CT molecular complexity index is 747. The fraction of sp³-hybridized carbons (Fsp3) is 0.474. The van der Waals surface area contributed by atoms with E-state index < -0.39 is 30.1 Å². The van der Waals surface area contributed by atoms with E-state index in [1.54, 1.807) is 39.0 Å². The summed E-state index contributed by atoms with van der Waals surface area (Å²) in [6, 6.07) is 5.62. The number of urea groups is 1. The molecule has 1 aliphatic heterocycles. The number of hydrogen-bond donors (Lipinski definition) is 2. The van der Waals surface area contributed by atoms with Crippen molar-refractivity contribution in [1.82, 2.24) is 15.5 Å². The highest BCUT2D eigenvalue weighted by Crippen LogP contribution is 2.12. The summed E-state index contributed by atoms with van der Waals surface area (Å²) in [6.45, 7) is 7.35. The van der Waals surface area contributed by atoms with Crippen LogP contribution in [0.3, 0.4) is 0 Å². The fourth-order valence-electron chi connectivity index (χ4n) is 2.74. The van der Waals surface area contributed by atoms with Gasteiger partial charge in [-0.05, 0) is 31.4 Å². The number of carbonyl (C=O) groups excluding carboxylic acids is 4. The van der Waals surface area contributed by atoms with Crippen LogP contribution in [0.15, 0.2) is 24.3 Å². The van der Waals surface area contributed by atoms with Crippen molar-refractivity contribution >= 4 is 23.8 Å². The minimum absolute atomic E-state index is 0.233. The molecule has 4 amide bonds. The Labute approximate surface area is 158 Å². The van der Waals surface area contributed by atoms with Crippen LogP contribution in [0.25, 0.3) is 0 Å². The first kappa shape index (κ1) is 20.4. The maximum Gasteiger partial charge on any atom is 0.329 e. The van der Waals surface area contributed by atoms with Gasteiger partial charge in [0, 0.05) is 18.7 Å². The maximum absolute atomic E-state index is 12.5. The predicted octanol–water partition coefficient (Wildman–Crippen LogP) is 1.23. The van der Waals surface area contributed by atoms with E-state index >= 15 is 0 Å². The van der Waals surface area contributed by atoms with Crippen LogP contribution < -0.4 is 10.6 Å². The molecule has 0 radical (unpaired) electrons. The second-order valence-corrected chi connectivity index (χ2v) is 6.81. The number of rotatable bonds is 6. The Morgan fingerprint density at radius 2 is 1.85 bits per heavy atom. The highest BCUT2D eigenvalue weighted by atomic mass is 16.5. The standard InChI is InChI=1S/C19H25N3O5/c1-11(2)15(21-16(23)14-8-6-5-7-12(14)3)18(25)27-13(4)17(24)22-10-9-20-19(22)26/h5-8,11,13,15H,9-10H2,1-4H3,(H,20,26)(H,21,23)/t13-,15+/m1/s1. The summed E-state index contributed by atoms with van der Waals surface area (Å²) in [4.78, 5) is 49.9. The van der Waals surface area contributed by atoms with Gasteiger partial charge in [-0.15, -0.1) is 0 Å². The lowest BCUT2D eigenvalue weighted by atomic mass is 10.0. The Balaban J connectivity index is 2.04. The van der Waals surface area contributed by atoms with Crippen LogP contribution in [0, 0.1) is 12.8 Å². The summed E-state index contributed by atoms with van der Waals surface area (Å²) in [5.74, 6) is -1.94. The van der Waals surface area contributed by atoms with Gasteiger partial charge in [0.25, 0.3) is 11.8 Å². The van der Waals surface area contributed by atoms with Gasteiger partial charge in [0.05, 0.1) is 0 Å². The van der Waals surface area contributed by atoms with E-state index in [-0.39, 0.29) is 18.4 Å². The van der Waals surface area contributed by atoms with Crippen molar-refractivity contribution in [2.75, 3.05) is 13.1 Å². The molecule has 0 bridgehead atoms. The molecule has 1 saturated heterocycles. The molecule has 2 atom stereocenters. The number of ether oxygens (including phenoxy) is 1. The molecule has 0 aromatic heterocycles. The second kappa shape index (κ2) is 8.66. The molecule has 27 heavy (non-hydrogen) atoms. The zero-order valence-corrected chi connectivity index (χ0v) is 15.9. The van der Waals surface area contributed by atoms with Crippen LogP contribution in [0.2, 0.25) is 0 Å². The summed E-state index contributed by atoms with van der Waals surface area (Å²) in [5.41, 5.74) is 1.25. The Kier molecular flexibility index (Phi) is 6.55. The number of benzene rings is 1. The van der Waals surface area contributed by atoms with Gasteiger partial charge in [-0.2, -0.15) is 0 Å². The van der Waals surface area contributed by atoms with Crippen molar-refractivity contribution in [3.8, 4) is 0 Å². The SMILES string of the molecule is Cc1ccccc1C(=O)N[C@H](C(=O)O[C@H](C)C(=O)N1CCNC1=O)C(C)C. The van der Waals surface area contributed by atoms with Crippen LogP contribution >= 0.6 is 0 Å². The van der Waals surface area contributed by atoms with E-state index in [1.165, 1.54) is 6.92 Å². The molecule has 1 aromatic carbocycles. The first-order valence-electron chi connectivity index (χ1n) is 8.88. The largest absolute Gasteiger partial charge is 0.451 e. The lowest BCUT2D eigenvalue weighted by Gasteiger charge is -2.24. The molecule has 0 aliphatic carbocycles. The first-order chi connectivity index (χ1) is 12.7. The first-order valence-corrected chi connectivity index (χ1v) is 8.88. The number of nitrogens with one attached hydrogen (secondary N) is 2. The van der Waals surface area contributed by atoms with Gasteiger partial charge in [-0.1, -0.05) is 32.0 Å². The summed E-state index contributed by atoms with van der Waals surface area (Å²) >= 11 is 0. The zero-order valence-electron chi connectivity index (χ0n) is 15.9. The molecule has 1 heterocycles. The molecule has 146 valence electrons. The van der Waals surface area contributed by atoms with E-state index in [2.05, 4.69) is 10.6 Å². The molecule has 0 saturated carbocycles. The third-order valence-electron chi connectivity index (χ3n) is 4.36. The number of aryl methyl sites for hydroxylation is 1. The van der Waals surface area contributed by atoms with Crippen molar-refractivity contribution in [3.05, 3.63) is 35.4 Å². The predicted molar refractivity (Wildman–Crippen MR) is 97.9 cm³/mol. The van der Waals surface area contributed by atoms with Crippen LogP contribution in [0.1, 0.15) is 36.7 Å². The quantitative estimate of drug-likeness (QED) is 0.728. The number of carbonyl (C=O) groups is 4. The van der Waals surface area contributed by atoms with Crippen LogP contribution in [-0.2, 0) is 14.3 Å². The fourth-order valence-corrected chi connectivity index (χ4v) is 2.74. The molecule has 8 nitrogen and oxygen atoms in total. The van der Waals surface area contributed by atoms with Crippen molar-refractivity contribution in [3.63, 3.8) is 0 Å². The van der Waals surface area contributed by atoms with Crippen LogP contribution in [0.4, 0.5) is 4.79 Å². The van der Waals surface area contributed by atoms with Gasteiger partial charge in [-0.3, -0.25) is 14.5 Å². The molecule has 2 N–H and O–H groups in total. The highest BCUT2D eigenvalue weighted by Gasteiger charge is 2.34. The minimum Gasteiger partial charge on any atom is -0.451 e. The molecule has 2 rings (SSSR count). The van der Waals surface area contributed by atoms with Gasteiger partial charge in [-0.25, -0.2) is 9.59 Å². The van der Waals surface area contributed by atoms with Crippen molar-refractivity contribution < 1.29 is 23.9 Å². The monoisotopic (exact) mass is 375 g/mol. The summed E-state index contributed by atoms with van der Waals surface area (Å²) in [5, 5.41) is 5.20. The highest BCUT2D eigenvalue weighted by molar-refractivity contribution is 6.00. The van der Waals surface area contributed by atoms with E-state index in [4.69, 9.17) is 4.74 Å². The van der Waals surface area contributed by atoms with Gasteiger partial charge in [0.15, 0.2) is 6.10 Å². The minimum atomic E-state index is -1.13. The summed E-state index contributed by atoms with van der Waals surface area (Å²) in [7, 11) is 0. The molecule has 1 aliphatic rings. The van der Waals surface area contributed by atoms with E-state index in [1.807, 2.05) is 6.07 Å². The molecule has 0 spiro atoms. The lowest BCUT2D eigenvalue weighted by Crippen LogP contribution is -2.48. The Morgan fingerprint density at radius 3 is 2.41 bits per heavy atom. The molecular formula is C19H25N3O5. The lowest BCUT2D eigenvalue weighted by molar-refractivity contribution is -0.160. The summed E-state index contributed by atoms with van der Waals surface area (Å²) in [6.07, 6.45) is -1.13. The zero-order chi connectivity index (χ0) is 20.1. The topological polar surface area (TPSA) is 105 Å². The Morgan fingerprint density at radius 1 is 1.19 bits per heavy atom. The number of imide groups is 1. The Hall–Kier alpha value is -2.90. The van der Waals surface area contributed by atoms with Crippen molar-refractivity contribution in [1.29, 1.82) is 0 Å². The number of nitrogens with zero attached hydrogens (tertiary/aromatic N) is 1. The number of esters is 1. The van der Waals surface area contributed by atoms with Crippen LogP contribution in [0.5, 0.6) is 0 Å². The number of amides is 4. The molecule has 1 aromatic rings. The smallest absolute Gasteiger partial charge is 0.329 e. The molecule has 8 heteroatoms. The van der Waals surface area contributed by atoms with Gasteiger partial charge >= 0.3 is 12.0 Å². The van der Waals surface area contributed by atoms with Crippen LogP contribution in [-0.4, -0.2) is 54.0 Å². The average molecular weight is 375 g/mol. The third-order valence-corrected chi connectivity index (χ3v) is 4.36. The third kappa shape index (κ3) is 4.84. The molecule has 0 unspecified atom stereocenters.